The van der Waals surface area contributed by atoms with Crippen molar-refractivity contribution < 1.29 is 9.53 Å². The number of amides is 1. The highest BCUT2D eigenvalue weighted by Crippen LogP contribution is 2.27. The zero-order chi connectivity index (χ0) is 13.9. The molecular weight excluding hydrogens is 327 g/mol. The smallest absolute Gasteiger partial charge is 0.251 e. The van der Waals surface area contributed by atoms with E-state index in [0.29, 0.717) is 12.5 Å². The molecule has 126 valence electrons. The Balaban J connectivity index is 0.00000121. The summed E-state index contributed by atoms with van der Waals surface area (Å²) in [5.74, 6) is 1.42. The Hall–Kier alpha value is -0.820. The van der Waals surface area contributed by atoms with Crippen LogP contribution in [0.1, 0.15) is 37.4 Å². The number of nitrogens with one attached hydrogen (secondary N) is 1. The number of aromatic amines is 1. The number of aromatic nitrogens is 2. The number of piperidine rings is 1. The van der Waals surface area contributed by atoms with Crippen molar-refractivity contribution in [1.82, 2.24) is 14.9 Å². The van der Waals surface area contributed by atoms with Gasteiger partial charge in [-0.15, -0.1) is 24.8 Å². The van der Waals surface area contributed by atoms with Gasteiger partial charge in [0, 0.05) is 37.9 Å². The summed E-state index contributed by atoms with van der Waals surface area (Å²) in [5.41, 5.74) is 5.60. The first-order chi connectivity index (χ1) is 9.78. The van der Waals surface area contributed by atoms with Gasteiger partial charge in [-0.2, -0.15) is 0 Å². The fourth-order valence-electron chi connectivity index (χ4n) is 3.17. The van der Waals surface area contributed by atoms with E-state index in [9.17, 15) is 4.79 Å². The molecule has 3 rings (SSSR count). The number of nitrogens with two attached hydrogens (primary N) is 1. The molecule has 0 spiro atoms. The van der Waals surface area contributed by atoms with Crippen LogP contribution in [0.15, 0.2) is 12.4 Å². The van der Waals surface area contributed by atoms with Gasteiger partial charge < -0.3 is 20.4 Å². The fraction of sp³-hybridized carbons (Fsp3) is 0.714. The molecule has 1 unspecified atom stereocenters. The Morgan fingerprint density at radius 1 is 1.41 bits per heavy atom. The van der Waals surface area contributed by atoms with Gasteiger partial charge in [0.2, 0.25) is 0 Å². The number of imidazole rings is 1. The van der Waals surface area contributed by atoms with Crippen LogP contribution in [0.5, 0.6) is 0 Å². The van der Waals surface area contributed by atoms with E-state index in [1.807, 2.05) is 11.1 Å². The maximum atomic E-state index is 12.5. The second kappa shape index (κ2) is 8.72. The third kappa shape index (κ3) is 4.13. The summed E-state index contributed by atoms with van der Waals surface area (Å²) in [5, 5.41) is 0. The molecule has 0 saturated carbocycles. The van der Waals surface area contributed by atoms with Crippen LogP contribution in [0, 0.1) is 0 Å². The summed E-state index contributed by atoms with van der Waals surface area (Å²) in [6.45, 7) is 2.06. The van der Waals surface area contributed by atoms with E-state index in [2.05, 4.69) is 9.97 Å². The van der Waals surface area contributed by atoms with Crippen LogP contribution in [-0.2, 0) is 9.53 Å². The molecule has 2 fully saturated rings. The Bertz CT molecular complexity index is 458. The maximum Gasteiger partial charge on any atom is 0.251 e. The lowest BCUT2D eigenvalue weighted by atomic mass is 9.97. The monoisotopic (exact) mass is 350 g/mol. The van der Waals surface area contributed by atoms with Crippen LogP contribution in [-0.4, -0.2) is 52.6 Å². The molecule has 0 radical (unpaired) electrons. The van der Waals surface area contributed by atoms with Crippen molar-refractivity contribution >= 4 is 30.7 Å². The highest BCUT2D eigenvalue weighted by Gasteiger charge is 2.35. The van der Waals surface area contributed by atoms with Crippen LogP contribution >= 0.6 is 24.8 Å². The van der Waals surface area contributed by atoms with E-state index >= 15 is 0 Å². The third-order valence-corrected chi connectivity index (χ3v) is 4.29. The van der Waals surface area contributed by atoms with Gasteiger partial charge in [-0.1, -0.05) is 0 Å². The van der Waals surface area contributed by atoms with Gasteiger partial charge in [-0.05, 0) is 25.7 Å². The lowest BCUT2D eigenvalue weighted by molar-refractivity contribution is -0.144. The van der Waals surface area contributed by atoms with Gasteiger partial charge in [-0.25, -0.2) is 4.98 Å². The molecule has 3 heterocycles. The van der Waals surface area contributed by atoms with E-state index in [0.717, 1.165) is 44.6 Å². The van der Waals surface area contributed by atoms with Crippen molar-refractivity contribution in [2.75, 3.05) is 19.6 Å². The average Bonchev–Trinajstić information content (AvgIpc) is 3.17. The van der Waals surface area contributed by atoms with Crippen molar-refractivity contribution in [2.24, 2.45) is 5.73 Å². The maximum absolute atomic E-state index is 12.5. The van der Waals surface area contributed by atoms with Crippen molar-refractivity contribution in [1.29, 1.82) is 0 Å². The summed E-state index contributed by atoms with van der Waals surface area (Å²) < 4.78 is 5.71. The molecule has 2 aliphatic heterocycles. The number of ether oxygens (including phenoxy) is 1. The predicted octanol–water partition coefficient (Wildman–Crippen LogP) is 1.47. The van der Waals surface area contributed by atoms with E-state index in [1.54, 1.807) is 6.20 Å². The van der Waals surface area contributed by atoms with Gasteiger partial charge >= 0.3 is 0 Å². The van der Waals surface area contributed by atoms with Gasteiger partial charge in [0.15, 0.2) is 0 Å². The van der Waals surface area contributed by atoms with E-state index in [4.69, 9.17) is 10.5 Å². The van der Waals surface area contributed by atoms with Crippen LogP contribution in [0.2, 0.25) is 0 Å². The van der Waals surface area contributed by atoms with Crippen molar-refractivity contribution in [2.45, 2.75) is 43.8 Å². The molecule has 3 atom stereocenters. The average molecular weight is 351 g/mol. The number of nitrogens with zero attached hydrogens (tertiary/aromatic N) is 2. The van der Waals surface area contributed by atoms with Crippen molar-refractivity contribution in [3.63, 3.8) is 0 Å². The van der Waals surface area contributed by atoms with Crippen molar-refractivity contribution in [3.05, 3.63) is 18.2 Å². The second-order valence-corrected chi connectivity index (χ2v) is 5.66. The summed E-state index contributed by atoms with van der Waals surface area (Å²) in [4.78, 5) is 21.9. The number of hydrogen-bond acceptors (Lipinski definition) is 4. The molecule has 0 aliphatic carbocycles. The van der Waals surface area contributed by atoms with Gasteiger partial charge in [0.05, 0.1) is 6.10 Å². The lowest BCUT2D eigenvalue weighted by Gasteiger charge is -2.33. The van der Waals surface area contributed by atoms with Crippen LogP contribution in [0.3, 0.4) is 0 Å². The lowest BCUT2D eigenvalue weighted by Crippen LogP contribution is -2.44. The molecule has 22 heavy (non-hydrogen) atoms. The largest absolute Gasteiger partial charge is 0.364 e. The highest BCUT2D eigenvalue weighted by atomic mass is 35.5. The Kier molecular flexibility index (Phi) is 7.62. The minimum Gasteiger partial charge on any atom is -0.364 e. The predicted molar refractivity (Wildman–Crippen MR) is 88.6 cm³/mol. The minimum absolute atomic E-state index is 0. The van der Waals surface area contributed by atoms with E-state index < -0.39 is 0 Å². The first-order valence-electron chi connectivity index (χ1n) is 7.41. The van der Waals surface area contributed by atoms with Crippen molar-refractivity contribution in [3.8, 4) is 0 Å². The number of hydrogen-bond donors (Lipinski definition) is 2. The zero-order valence-corrected chi connectivity index (χ0v) is 14.1. The minimum atomic E-state index is -0.293. The zero-order valence-electron chi connectivity index (χ0n) is 12.4. The first kappa shape index (κ1) is 19.2. The van der Waals surface area contributed by atoms with E-state index in [-0.39, 0.29) is 42.9 Å². The quantitative estimate of drug-likeness (QED) is 0.864. The van der Waals surface area contributed by atoms with Crippen LogP contribution in [0.4, 0.5) is 0 Å². The molecule has 0 aromatic carbocycles. The summed E-state index contributed by atoms with van der Waals surface area (Å²) in [7, 11) is 0. The van der Waals surface area contributed by atoms with Gasteiger partial charge in [0.1, 0.15) is 11.9 Å². The van der Waals surface area contributed by atoms with Gasteiger partial charge in [0.25, 0.3) is 5.91 Å². The molecule has 8 heteroatoms. The SMILES string of the molecule is Cl.Cl.NC[C@H]1CC[C@@H](C(=O)N2CCCC(c3ncc[nH]3)C2)O1. The summed E-state index contributed by atoms with van der Waals surface area (Å²) in [6.07, 6.45) is 7.14. The molecule has 2 aliphatic rings. The van der Waals surface area contributed by atoms with Crippen LogP contribution < -0.4 is 5.73 Å². The first-order valence-corrected chi connectivity index (χ1v) is 7.41. The molecular formula is C14H24Cl2N4O2. The summed E-state index contributed by atoms with van der Waals surface area (Å²) >= 11 is 0. The topological polar surface area (TPSA) is 84.2 Å². The number of rotatable bonds is 3. The molecule has 3 N–H and O–H groups in total. The Labute approximate surface area is 143 Å². The number of H-pyrrole nitrogens is 1. The normalized spacial score (nSPS) is 27.9. The molecule has 1 aromatic rings. The molecule has 6 nitrogen and oxygen atoms in total. The molecule has 0 bridgehead atoms. The highest BCUT2D eigenvalue weighted by molar-refractivity contribution is 5.85. The number of likely N-dealkylation sites (tertiary alicyclic amines) is 1. The number of halogens is 2. The third-order valence-electron chi connectivity index (χ3n) is 4.29. The number of carbonyl (C=O) groups excluding carboxylic acids is 1. The molecule has 1 aromatic heterocycles. The Morgan fingerprint density at radius 2 is 2.23 bits per heavy atom. The summed E-state index contributed by atoms with van der Waals surface area (Å²) in [6, 6.07) is 0. The van der Waals surface area contributed by atoms with Gasteiger partial charge in [-0.3, -0.25) is 4.79 Å². The number of carbonyl (C=O) groups is 1. The second-order valence-electron chi connectivity index (χ2n) is 5.66. The fourth-order valence-corrected chi connectivity index (χ4v) is 3.17. The molecule has 2 saturated heterocycles. The van der Waals surface area contributed by atoms with E-state index in [1.165, 1.54) is 0 Å². The molecule has 1 amide bonds. The Morgan fingerprint density at radius 3 is 2.86 bits per heavy atom. The van der Waals surface area contributed by atoms with Crippen LogP contribution in [0.25, 0.3) is 0 Å². The standard InChI is InChI=1S/C14H22N4O2.2ClH/c15-8-11-3-4-12(20-11)14(19)18-7-1-2-10(9-18)13-16-5-6-17-13;;/h5-6,10-12H,1-4,7-9,15H2,(H,16,17);2*1H/t10?,11-,12+;;/m1../s1.